The molecular weight excluding hydrogens is 446 g/mol. The Bertz CT molecular complexity index is 1140. The van der Waals surface area contributed by atoms with Crippen molar-refractivity contribution in [2.24, 2.45) is 16.6 Å². The number of hydrogen-bond donors (Lipinski definition) is 2. The molecule has 10 nitrogen and oxygen atoms in total. The summed E-state index contributed by atoms with van der Waals surface area (Å²) in [5.74, 6) is 0.217. The molecule has 0 saturated heterocycles. The average molecular weight is 472 g/mol. The molecule has 2 aromatic rings. The zero-order chi connectivity index (χ0) is 23.1. The Balaban J connectivity index is 2.20. The highest BCUT2D eigenvalue weighted by molar-refractivity contribution is 7.92. The van der Waals surface area contributed by atoms with Crippen LogP contribution in [0.4, 0.5) is 0 Å². The number of hydrogen-bond acceptors (Lipinski definition) is 8. The molecule has 0 radical (unpaired) electrons. The summed E-state index contributed by atoms with van der Waals surface area (Å²) in [6.07, 6.45) is 2.01. The number of rotatable bonds is 11. The Morgan fingerprint density at radius 1 is 0.968 bits per heavy atom. The first-order valence-corrected chi connectivity index (χ1v) is 12.5. The molecule has 2 aromatic carbocycles. The molecule has 0 unspecified atom stereocenters. The minimum atomic E-state index is -4.40. The average Bonchev–Trinajstić information content (AvgIpc) is 2.69. The minimum absolute atomic E-state index is 0.00871. The normalized spacial score (nSPS) is 11.5. The maximum absolute atomic E-state index is 12.8. The number of sulfone groups is 1. The maximum Gasteiger partial charge on any atom is 0.340 e. The number of ether oxygens (including phenoxy) is 1. The van der Waals surface area contributed by atoms with Crippen LogP contribution >= 0.6 is 0 Å². The number of nitrogens with two attached hydrogens (primary N) is 2. The van der Waals surface area contributed by atoms with Gasteiger partial charge in [0, 0.05) is 18.7 Å². The molecule has 0 aliphatic carbocycles. The standard InChI is InChI=1S/C19H25N3O7S2/c1-3-14-11-15(27-9-6-10-28-22-19(20)21)13-16(12-14)29-31(25,26)18-8-5-4-7-17(18)30(2,23)24/h4-5,7-8,11-13H,3,6,9-10H2,1-2H3,(H4,20,21,22). The van der Waals surface area contributed by atoms with Crippen LogP contribution in [0.3, 0.4) is 0 Å². The molecule has 2 rings (SSSR count). The zero-order valence-corrected chi connectivity index (χ0v) is 18.8. The first-order chi connectivity index (χ1) is 14.5. The monoisotopic (exact) mass is 471 g/mol. The lowest BCUT2D eigenvalue weighted by atomic mass is 10.1. The van der Waals surface area contributed by atoms with Crippen LogP contribution < -0.4 is 20.4 Å². The van der Waals surface area contributed by atoms with Crippen molar-refractivity contribution >= 4 is 25.9 Å². The molecule has 12 heteroatoms. The first kappa shape index (κ1) is 24.3. The van der Waals surface area contributed by atoms with E-state index in [1.165, 1.54) is 30.3 Å². The van der Waals surface area contributed by atoms with Crippen LogP contribution in [0.2, 0.25) is 0 Å². The molecule has 0 atom stereocenters. The Hall–Kier alpha value is -2.99. The highest BCUT2D eigenvalue weighted by atomic mass is 32.2. The van der Waals surface area contributed by atoms with Crippen LogP contribution in [0.15, 0.2) is 57.4 Å². The third-order valence-electron chi connectivity index (χ3n) is 3.89. The summed E-state index contributed by atoms with van der Waals surface area (Å²) < 4.78 is 60.4. The van der Waals surface area contributed by atoms with Crippen molar-refractivity contribution in [1.82, 2.24) is 0 Å². The van der Waals surface area contributed by atoms with Gasteiger partial charge >= 0.3 is 10.1 Å². The van der Waals surface area contributed by atoms with Gasteiger partial charge in [-0.25, -0.2) is 8.42 Å². The summed E-state index contributed by atoms with van der Waals surface area (Å²) in [4.78, 5) is 4.09. The Morgan fingerprint density at radius 2 is 1.61 bits per heavy atom. The molecule has 0 aliphatic rings. The number of aryl methyl sites for hydroxylation is 1. The van der Waals surface area contributed by atoms with Crippen molar-refractivity contribution in [3.8, 4) is 11.5 Å². The van der Waals surface area contributed by atoms with Crippen molar-refractivity contribution in [2.45, 2.75) is 29.6 Å². The lowest BCUT2D eigenvalue weighted by molar-refractivity contribution is 0.127. The van der Waals surface area contributed by atoms with E-state index >= 15 is 0 Å². The highest BCUT2D eigenvalue weighted by Gasteiger charge is 2.25. The SMILES string of the molecule is CCc1cc(OCCCON=C(N)N)cc(OS(=O)(=O)c2ccccc2S(C)(=O)=O)c1. The molecule has 0 spiro atoms. The van der Waals surface area contributed by atoms with E-state index in [4.69, 9.17) is 25.2 Å². The van der Waals surface area contributed by atoms with Gasteiger partial charge in [-0.15, -0.1) is 0 Å². The summed E-state index contributed by atoms with van der Waals surface area (Å²) in [5.41, 5.74) is 11.1. The number of nitrogens with zero attached hydrogens (tertiary/aromatic N) is 1. The van der Waals surface area contributed by atoms with E-state index in [0.717, 1.165) is 11.8 Å². The van der Waals surface area contributed by atoms with E-state index in [0.29, 0.717) is 18.6 Å². The van der Waals surface area contributed by atoms with Gasteiger partial charge in [0.05, 0.1) is 11.5 Å². The van der Waals surface area contributed by atoms with E-state index in [1.54, 1.807) is 12.1 Å². The Kier molecular flexibility index (Phi) is 8.11. The third-order valence-corrected chi connectivity index (χ3v) is 6.48. The predicted octanol–water partition coefficient (Wildman–Crippen LogP) is 1.39. The van der Waals surface area contributed by atoms with Gasteiger partial charge in [0.15, 0.2) is 9.84 Å². The molecular formula is C19H25N3O7S2. The molecule has 0 aliphatic heterocycles. The lowest BCUT2D eigenvalue weighted by Gasteiger charge is -2.13. The second-order valence-corrected chi connectivity index (χ2v) is 9.97. The molecule has 0 aromatic heterocycles. The van der Waals surface area contributed by atoms with Gasteiger partial charge < -0.3 is 25.2 Å². The quantitative estimate of drug-likeness (QED) is 0.162. The van der Waals surface area contributed by atoms with Crippen LogP contribution in [0.5, 0.6) is 11.5 Å². The predicted molar refractivity (Wildman–Crippen MR) is 115 cm³/mol. The summed E-state index contributed by atoms with van der Waals surface area (Å²) in [5, 5.41) is 3.39. The van der Waals surface area contributed by atoms with Gasteiger partial charge in [-0.05, 0) is 41.4 Å². The lowest BCUT2D eigenvalue weighted by Crippen LogP contribution is -2.23. The third kappa shape index (κ3) is 7.33. The smallest absolute Gasteiger partial charge is 0.340 e. The van der Waals surface area contributed by atoms with Crippen molar-refractivity contribution in [1.29, 1.82) is 0 Å². The fourth-order valence-corrected chi connectivity index (χ4v) is 5.05. The molecule has 0 saturated carbocycles. The van der Waals surface area contributed by atoms with Gasteiger partial charge in [0.1, 0.15) is 23.0 Å². The van der Waals surface area contributed by atoms with E-state index in [2.05, 4.69) is 5.16 Å². The fourth-order valence-electron chi connectivity index (χ4n) is 2.53. The molecule has 31 heavy (non-hydrogen) atoms. The molecule has 0 amide bonds. The molecule has 170 valence electrons. The van der Waals surface area contributed by atoms with Gasteiger partial charge in [-0.2, -0.15) is 8.42 Å². The zero-order valence-electron chi connectivity index (χ0n) is 17.1. The van der Waals surface area contributed by atoms with E-state index in [-0.39, 0.29) is 29.8 Å². The van der Waals surface area contributed by atoms with Crippen LogP contribution in [-0.2, 0) is 31.2 Å². The second-order valence-electron chi connectivity index (χ2n) is 6.47. The molecule has 0 heterocycles. The summed E-state index contributed by atoms with van der Waals surface area (Å²) in [7, 11) is -8.18. The fraction of sp³-hybridized carbons (Fsp3) is 0.316. The van der Waals surface area contributed by atoms with Crippen molar-refractivity contribution in [3.05, 3.63) is 48.0 Å². The first-order valence-electron chi connectivity index (χ1n) is 9.24. The van der Waals surface area contributed by atoms with Crippen molar-refractivity contribution in [2.75, 3.05) is 19.5 Å². The summed E-state index contributed by atoms with van der Waals surface area (Å²) in [6, 6.07) is 9.98. The van der Waals surface area contributed by atoms with E-state index < -0.39 is 24.9 Å². The van der Waals surface area contributed by atoms with Crippen LogP contribution in [0.1, 0.15) is 18.9 Å². The van der Waals surface area contributed by atoms with Gasteiger partial charge in [0.25, 0.3) is 0 Å². The Labute approximate surface area is 181 Å². The van der Waals surface area contributed by atoms with Crippen molar-refractivity contribution < 1.29 is 30.6 Å². The number of benzene rings is 2. The number of guanidine groups is 1. The maximum atomic E-state index is 12.8. The second kappa shape index (κ2) is 10.4. The summed E-state index contributed by atoms with van der Waals surface area (Å²) in [6.45, 7) is 2.38. The molecule has 0 fully saturated rings. The van der Waals surface area contributed by atoms with Gasteiger partial charge in [-0.1, -0.05) is 19.1 Å². The molecule has 0 bridgehead atoms. The van der Waals surface area contributed by atoms with Crippen molar-refractivity contribution in [3.63, 3.8) is 0 Å². The van der Waals surface area contributed by atoms with Gasteiger partial charge in [-0.3, -0.25) is 0 Å². The van der Waals surface area contributed by atoms with Crippen LogP contribution in [0, 0.1) is 0 Å². The van der Waals surface area contributed by atoms with Crippen LogP contribution in [-0.4, -0.2) is 42.3 Å². The summed E-state index contributed by atoms with van der Waals surface area (Å²) >= 11 is 0. The highest BCUT2D eigenvalue weighted by Crippen LogP contribution is 2.28. The Morgan fingerprint density at radius 3 is 2.23 bits per heavy atom. The van der Waals surface area contributed by atoms with E-state index in [9.17, 15) is 16.8 Å². The van der Waals surface area contributed by atoms with Gasteiger partial charge in [0.2, 0.25) is 5.96 Å². The van der Waals surface area contributed by atoms with Crippen LogP contribution in [0.25, 0.3) is 0 Å². The molecule has 4 N–H and O–H groups in total. The topological polar surface area (TPSA) is 160 Å². The minimum Gasteiger partial charge on any atom is -0.493 e. The largest absolute Gasteiger partial charge is 0.493 e. The number of oxime groups is 1. The van der Waals surface area contributed by atoms with E-state index in [1.807, 2.05) is 6.92 Å².